The van der Waals surface area contributed by atoms with Gasteiger partial charge in [0.15, 0.2) is 5.78 Å². The fraction of sp³-hybridized carbons (Fsp3) is 0.792. The van der Waals surface area contributed by atoms with Crippen molar-refractivity contribution in [1.82, 2.24) is 0 Å². The summed E-state index contributed by atoms with van der Waals surface area (Å²) in [7, 11) is 0. The first-order valence-electron chi connectivity index (χ1n) is 10.8. The van der Waals surface area contributed by atoms with Crippen molar-refractivity contribution in [3.63, 3.8) is 0 Å². The van der Waals surface area contributed by atoms with Crippen molar-refractivity contribution >= 4 is 5.78 Å². The Morgan fingerprint density at radius 3 is 2.72 bits per heavy atom. The monoisotopic (exact) mass is 340 g/mol. The van der Waals surface area contributed by atoms with Crippen LogP contribution in [0.3, 0.4) is 0 Å². The molecule has 25 heavy (non-hydrogen) atoms. The van der Waals surface area contributed by atoms with Gasteiger partial charge in [0.05, 0.1) is 0 Å². The average Bonchev–Trinajstić information content (AvgIpc) is 2.93. The Morgan fingerprint density at radius 2 is 1.96 bits per heavy atom. The molecule has 138 valence electrons. The van der Waals surface area contributed by atoms with E-state index in [1.54, 1.807) is 0 Å². The van der Waals surface area contributed by atoms with Crippen LogP contribution in [-0.4, -0.2) is 5.78 Å². The number of fused-ring (bicyclic) bond motifs is 5. The van der Waals surface area contributed by atoms with Gasteiger partial charge in [0.1, 0.15) is 0 Å². The fourth-order valence-electron chi connectivity index (χ4n) is 7.83. The summed E-state index contributed by atoms with van der Waals surface area (Å²) in [4.78, 5) is 11.9. The van der Waals surface area contributed by atoms with Gasteiger partial charge in [-0.3, -0.25) is 4.79 Å². The van der Waals surface area contributed by atoms with Crippen molar-refractivity contribution in [2.45, 2.75) is 79.1 Å². The number of hydrogen-bond donors (Lipinski definition) is 0. The average molecular weight is 341 g/mol. The summed E-state index contributed by atoms with van der Waals surface area (Å²) < 4.78 is 0. The van der Waals surface area contributed by atoms with Crippen molar-refractivity contribution in [3.8, 4) is 0 Å². The molecule has 0 aromatic carbocycles. The van der Waals surface area contributed by atoms with E-state index in [4.69, 9.17) is 0 Å². The van der Waals surface area contributed by atoms with Crippen molar-refractivity contribution in [2.24, 2.45) is 40.4 Å². The first-order chi connectivity index (χ1) is 11.9. The zero-order chi connectivity index (χ0) is 17.8. The van der Waals surface area contributed by atoms with Gasteiger partial charge < -0.3 is 0 Å². The lowest BCUT2D eigenvalue weighted by molar-refractivity contribution is -0.111. The number of carbonyl (C=O) groups is 1. The van der Waals surface area contributed by atoms with Gasteiger partial charge in [-0.15, -0.1) is 0 Å². The zero-order valence-electron chi connectivity index (χ0n) is 16.7. The van der Waals surface area contributed by atoms with E-state index >= 15 is 0 Å². The normalized spacial score (nSPS) is 46.9. The molecule has 0 saturated heterocycles. The minimum Gasteiger partial charge on any atom is -0.290 e. The summed E-state index contributed by atoms with van der Waals surface area (Å²) in [6.45, 7) is 9.93. The largest absolute Gasteiger partial charge is 0.290 e. The topological polar surface area (TPSA) is 17.1 Å². The summed E-state index contributed by atoms with van der Waals surface area (Å²) >= 11 is 0. The molecule has 0 N–H and O–H groups in total. The third kappa shape index (κ3) is 2.52. The Kier molecular flexibility index (Phi) is 4.28. The van der Waals surface area contributed by atoms with Crippen LogP contribution in [0.15, 0.2) is 23.8 Å². The van der Waals surface area contributed by atoms with Crippen LogP contribution in [0.2, 0.25) is 0 Å². The minimum atomic E-state index is 0.158. The zero-order valence-corrected chi connectivity index (χ0v) is 16.7. The van der Waals surface area contributed by atoms with E-state index in [9.17, 15) is 4.79 Å². The molecule has 0 bridgehead atoms. The Labute approximate surface area is 154 Å². The summed E-state index contributed by atoms with van der Waals surface area (Å²) in [6, 6.07) is 0. The van der Waals surface area contributed by atoms with Crippen LogP contribution in [-0.2, 0) is 4.79 Å². The molecule has 0 spiro atoms. The molecule has 7 atom stereocenters. The molecule has 4 aliphatic carbocycles. The van der Waals surface area contributed by atoms with Gasteiger partial charge in [0.25, 0.3) is 0 Å². The highest BCUT2D eigenvalue weighted by atomic mass is 16.1. The molecule has 0 radical (unpaired) electrons. The maximum absolute atomic E-state index is 11.9. The standard InChI is InChI=1S/C24H36O/c1-5-6-16(2)20-9-10-21-19-8-7-17-15-18(25)11-13-23(17,3)22(19)12-14-24(20,21)4/h11,13,15-16,19-22H,5-10,12,14H2,1-4H3/t16-,19+,20-,21+,22+,23+,24-/m1/s1. The van der Waals surface area contributed by atoms with Gasteiger partial charge in [-0.1, -0.05) is 52.2 Å². The van der Waals surface area contributed by atoms with E-state index in [2.05, 4.69) is 33.8 Å². The van der Waals surface area contributed by atoms with E-state index in [1.165, 1.54) is 50.5 Å². The number of allylic oxidation sites excluding steroid dienone is 4. The molecule has 0 heterocycles. The van der Waals surface area contributed by atoms with Gasteiger partial charge >= 0.3 is 0 Å². The molecule has 4 aliphatic rings. The van der Waals surface area contributed by atoms with Crippen LogP contribution in [0, 0.1) is 40.4 Å². The predicted molar refractivity (Wildman–Crippen MR) is 104 cm³/mol. The molecule has 3 saturated carbocycles. The third-order valence-corrected chi connectivity index (χ3v) is 9.06. The lowest BCUT2D eigenvalue weighted by Gasteiger charge is -2.57. The molecular weight excluding hydrogens is 304 g/mol. The Balaban J connectivity index is 1.61. The van der Waals surface area contributed by atoms with Gasteiger partial charge in [0, 0.05) is 5.41 Å². The Hall–Kier alpha value is -0.850. The maximum Gasteiger partial charge on any atom is 0.178 e. The highest BCUT2D eigenvalue weighted by Gasteiger charge is 2.58. The van der Waals surface area contributed by atoms with Crippen molar-refractivity contribution in [2.75, 3.05) is 0 Å². The summed E-state index contributed by atoms with van der Waals surface area (Å²) in [6.07, 6.45) is 17.0. The second-order valence-electron chi connectivity index (χ2n) is 10.1. The molecular formula is C24H36O. The lowest BCUT2D eigenvalue weighted by Crippen LogP contribution is -2.50. The van der Waals surface area contributed by atoms with Crippen LogP contribution in [0.5, 0.6) is 0 Å². The number of ketones is 1. The molecule has 3 fully saturated rings. The summed E-state index contributed by atoms with van der Waals surface area (Å²) in [5.41, 5.74) is 2.16. The van der Waals surface area contributed by atoms with Crippen molar-refractivity contribution in [1.29, 1.82) is 0 Å². The van der Waals surface area contributed by atoms with Crippen molar-refractivity contribution < 1.29 is 4.79 Å². The molecule has 0 unspecified atom stereocenters. The minimum absolute atomic E-state index is 0.158. The first-order valence-corrected chi connectivity index (χ1v) is 10.8. The van der Waals surface area contributed by atoms with E-state index in [0.717, 1.165) is 36.0 Å². The molecule has 0 aromatic rings. The van der Waals surface area contributed by atoms with E-state index in [1.807, 2.05) is 12.2 Å². The van der Waals surface area contributed by atoms with Gasteiger partial charge in [0.2, 0.25) is 0 Å². The van der Waals surface area contributed by atoms with E-state index in [-0.39, 0.29) is 11.2 Å². The Morgan fingerprint density at radius 1 is 1.16 bits per heavy atom. The molecule has 0 aliphatic heterocycles. The highest BCUT2D eigenvalue weighted by molar-refractivity contribution is 6.01. The second kappa shape index (κ2) is 6.10. The maximum atomic E-state index is 11.9. The molecule has 4 rings (SSSR count). The number of hydrogen-bond acceptors (Lipinski definition) is 1. The van der Waals surface area contributed by atoms with Crippen LogP contribution < -0.4 is 0 Å². The summed E-state index contributed by atoms with van der Waals surface area (Å²) in [5, 5.41) is 0. The lowest BCUT2D eigenvalue weighted by atomic mass is 9.47. The number of carbonyl (C=O) groups excluding carboxylic acids is 1. The van der Waals surface area contributed by atoms with Crippen LogP contribution in [0.1, 0.15) is 79.1 Å². The summed E-state index contributed by atoms with van der Waals surface area (Å²) in [5.74, 6) is 4.58. The van der Waals surface area contributed by atoms with Gasteiger partial charge in [-0.25, -0.2) is 0 Å². The first kappa shape index (κ1) is 17.6. The predicted octanol–water partition coefficient (Wildman–Crippen LogP) is 6.35. The van der Waals surface area contributed by atoms with Crippen LogP contribution >= 0.6 is 0 Å². The molecule has 1 heteroatoms. The second-order valence-corrected chi connectivity index (χ2v) is 10.1. The van der Waals surface area contributed by atoms with Gasteiger partial charge in [-0.05, 0) is 85.7 Å². The van der Waals surface area contributed by atoms with Crippen LogP contribution in [0.25, 0.3) is 0 Å². The van der Waals surface area contributed by atoms with Crippen molar-refractivity contribution in [3.05, 3.63) is 23.8 Å². The highest BCUT2D eigenvalue weighted by Crippen LogP contribution is 2.67. The van der Waals surface area contributed by atoms with Gasteiger partial charge in [-0.2, -0.15) is 0 Å². The molecule has 0 aromatic heterocycles. The smallest absolute Gasteiger partial charge is 0.178 e. The number of rotatable bonds is 3. The third-order valence-electron chi connectivity index (χ3n) is 9.06. The van der Waals surface area contributed by atoms with Crippen LogP contribution in [0.4, 0.5) is 0 Å². The van der Waals surface area contributed by atoms with E-state index in [0.29, 0.717) is 5.41 Å². The SMILES string of the molecule is CCC[C@@H](C)[C@H]1CC[C@H]2[C@@H]3CCC4=CC(=O)C=C[C@]4(C)[C@H]3CC[C@]12C. The van der Waals surface area contributed by atoms with E-state index < -0.39 is 0 Å². The molecule has 1 nitrogen and oxygen atoms in total. The molecule has 0 amide bonds. The fourth-order valence-corrected chi connectivity index (χ4v) is 7.83. The Bertz CT molecular complexity index is 614. The quantitative estimate of drug-likeness (QED) is 0.585.